The molecule has 3 aliphatic rings. The van der Waals surface area contributed by atoms with Gasteiger partial charge in [-0.1, -0.05) is 19.1 Å². The van der Waals surface area contributed by atoms with E-state index in [1.54, 1.807) is 5.57 Å². The van der Waals surface area contributed by atoms with Crippen LogP contribution in [0.3, 0.4) is 0 Å². The molecule has 3 rings (SSSR count). The van der Waals surface area contributed by atoms with Crippen molar-refractivity contribution in [2.45, 2.75) is 77.3 Å². The molecule has 3 aliphatic carbocycles. The largest absolute Gasteiger partial charge is 0.474 e. The van der Waals surface area contributed by atoms with E-state index < -0.39 is 0 Å². The van der Waals surface area contributed by atoms with Gasteiger partial charge >= 0.3 is 0 Å². The van der Waals surface area contributed by atoms with Gasteiger partial charge in [0.1, 0.15) is 0 Å². The Bertz CT molecular complexity index is 482. The highest BCUT2D eigenvalue weighted by atomic mass is 15.0. The topological polar surface area (TPSA) is 33.2 Å². The van der Waals surface area contributed by atoms with Gasteiger partial charge in [-0.3, -0.25) is 0 Å². The molecule has 0 aliphatic heterocycles. The Morgan fingerprint density at radius 3 is 2.62 bits per heavy atom. The summed E-state index contributed by atoms with van der Waals surface area (Å²) in [6.45, 7) is 14.3. The fourth-order valence-electron chi connectivity index (χ4n) is 6.75. The first kappa shape index (κ1) is 18.5. The average molecular weight is 333 g/mol. The molecule has 0 aromatic rings. The lowest BCUT2D eigenvalue weighted by atomic mass is 9.46. The minimum Gasteiger partial charge on any atom is -0.474 e. The van der Waals surface area contributed by atoms with Crippen LogP contribution in [0, 0.1) is 49.6 Å². The van der Waals surface area contributed by atoms with Gasteiger partial charge in [0.2, 0.25) is 0 Å². The summed E-state index contributed by atoms with van der Waals surface area (Å²) in [7, 11) is 8.33. The first-order valence-electron chi connectivity index (χ1n) is 10.2. The van der Waals surface area contributed by atoms with E-state index in [1.807, 2.05) is 0 Å². The van der Waals surface area contributed by atoms with Crippen LogP contribution in [0.2, 0.25) is 0 Å². The van der Waals surface area contributed by atoms with Gasteiger partial charge in [-0.05, 0) is 76.0 Å². The van der Waals surface area contributed by atoms with Crippen molar-refractivity contribution in [3.8, 4) is 0 Å². The van der Waals surface area contributed by atoms with Crippen molar-refractivity contribution in [1.29, 1.82) is 0 Å². The van der Waals surface area contributed by atoms with E-state index in [9.17, 15) is 0 Å². The predicted molar refractivity (Wildman–Crippen MR) is 101 cm³/mol. The van der Waals surface area contributed by atoms with E-state index in [4.69, 9.17) is 0 Å². The van der Waals surface area contributed by atoms with Crippen LogP contribution >= 0.6 is 0 Å². The third kappa shape index (κ3) is 2.98. The summed E-state index contributed by atoms with van der Waals surface area (Å²) in [5.41, 5.74) is 2.14. The van der Waals surface area contributed by atoms with Gasteiger partial charge in [0, 0.05) is 18.8 Å². The fourth-order valence-corrected chi connectivity index (χ4v) is 6.75. The molecule has 0 aromatic heterocycles. The summed E-state index contributed by atoms with van der Waals surface area (Å²) < 4.78 is 0. The average Bonchev–Trinajstić information content (AvgIpc) is 2.53. The Hall–Kier alpha value is -0.340. The first-order valence-corrected chi connectivity index (χ1v) is 10.2. The predicted octanol–water partition coefficient (Wildman–Crippen LogP) is 2.89. The van der Waals surface area contributed by atoms with E-state index in [2.05, 4.69) is 59.0 Å². The van der Waals surface area contributed by atoms with E-state index in [-0.39, 0.29) is 5.54 Å². The van der Waals surface area contributed by atoms with Crippen molar-refractivity contribution in [3.63, 3.8) is 0 Å². The summed E-state index contributed by atoms with van der Waals surface area (Å²) in [5, 5.41) is 4.46. The summed E-state index contributed by atoms with van der Waals surface area (Å²) in [6, 6.07) is 0. The van der Waals surface area contributed by atoms with Crippen LogP contribution in [0.4, 0.5) is 0 Å². The summed E-state index contributed by atoms with van der Waals surface area (Å²) in [4.78, 5) is 0. The van der Waals surface area contributed by atoms with Gasteiger partial charge in [-0.25, -0.2) is 0 Å². The molecule has 0 bridgehead atoms. The number of allylic oxidation sites excluding steroid dienone is 1. The van der Waals surface area contributed by atoms with Crippen LogP contribution in [-0.2, 0) is 0 Å². The Balaban J connectivity index is 1.93. The maximum Gasteiger partial charge on any atom is 0.0726 e. The van der Waals surface area contributed by atoms with Crippen molar-refractivity contribution in [2.75, 3.05) is 0 Å². The minimum absolute atomic E-state index is 0.237. The fraction of sp³-hybridized carbons (Fsp3) is 0.818. The molecule has 3 fully saturated rings. The molecular formula is C22H40N2. The molecule has 24 heavy (non-hydrogen) atoms. The molecule has 0 spiro atoms. The van der Waals surface area contributed by atoms with Crippen molar-refractivity contribution >= 4 is 0 Å². The molecule has 0 saturated heterocycles. The standard InChI is InChI=1S/C22H40N2/c1-14-8-9-18-20-17(10-11-22(18,5)24-7)15(2)12-16(19(14)20)13-21(3,4)23-6/h15-20H,1,6-13,23-24H2,2-5H3/t15-,16+,17+,18-,19-,20+,22-/m0/s1. The lowest BCUT2D eigenvalue weighted by Gasteiger charge is -2.60. The number of hydrogen-bond donors (Lipinski definition) is 2. The van der Waals surface area contributed by atoms with Gasteiger partial charge in [0.25, 0.3) is 0 Å². The van der Waals surface area contributed by atoms with Gasteiger partial charge in [-0.2, -0.15) is 14.1 Å². The van der Waals surface area contributed by atoms with Crippen molar-refractivity contribution < 1.29 is 10.6 Å². The van der Waals surface area contributed by atoms with Crippen LogP contribution in [0.1, 0.15) is 66.2 Å². The van der Waals surface area contributed by atoms with Crippen LogP contribution in [0.5, 0.6) is 0 Å². The zero-order valence-electron chi connectivity index (χ0n) is 16.5. The number of quaternary nitrogens is 2. The lowest BCUT2D eigenvalue weighted by molar-refractivity contribution is -0.688. The molecule has 0 aromatic carbocycles. The summed E-state index contributed by atoms with van der Waals surface area (Å²) in [5.74, 6) is 4.96. The molecule has 2 nitrogen and oxygen atoms in total. The molecule has 0 heterocycles. The van der Waals surface area contributed by atoms with E-state index in [0.717, 1.165) is 35.5 Å². The Morgan fingerprint density at radius 1 is 1.29 bits per heavy atom. The van der Waals surface area contributed by atoms with Crippen LogP contribution in [0.15, 0.2) is 12.2 Å². The molecule has 0 unspecified atom stereocenters. The van der Waals surface area contributed by atoms with E-state index in [0.29, 0.717) is 5.54 Å². The van der Waals surface area contributed by atoms with Gasteiger partial charge < -0.3 is 10.6 Å². The third-order valence-electron chi connectivity index (χ3n) is 8.21. The second-order valence-electron chi connectivity index (χ2n) is 10.2. The molecule has 4 N–H and O–H groups in total. The quantitative estimate of drug-likeness (QED) is 0.586. The highest BCUT2D eigenvalue weighted by molar-refractivity contribution is 5.17. The Labute approximate surface area is 150 Å². The highest BCUT2D eigenvalue weighted by Crippen LogP contribution is 2.60. The first-order chi connectivity index (χ1) is 11.2. The van der Waals surface area contributed by atoms with Crippen molar-refractivity contribution in [2.24, 2.45) is 35.5 Å². The normalized spacial score (nSPS) is 45.8. The van der Waals surface area contributed by atoms with Gasteiger partial charge in [0.05, 0.1) is 11.1 Å². The maximum atomic E-state index is 4.58. The molecule has 0 amide bonds. The Morgan fingerprint density at radius 2 is 2.00 bits per heavy atom. The second-order valence-corrected chi connectivity index (χ2v) is 10.2. The molecular weight excluding hydrogens is 292 g/mol. The summed E-state index contributed by atoms with van der Waals surface area (Å²) in [6.07, 6.45) is 7.97. The van der Waals surface area contributed by atoms with Crippen LogP contribution < -0.4 is 10.6 Å². The number of rotatable bonds is 4. The monoisotopic (exact) mass is 332 g/mol. The molecule has 7 atom stereocenters. The SMILES string of the molecule is C=C1CC[C@H]2[C@H]3[C@H](CC[C@]2(C)[NH2+][CH2-])[C@@H](C)C[C@H](CC(C)(C)[NH2+][CH2-])[C@H]13. The van der Waals surface area contributed by atoms with Gasteiger partial charge in [-0.15, -0.1) is 0 Å². The van der Waals surface area contributed by atoms with Crippen LogP contribution in [-0.4, -0.2) is 11.1 Å². The van der Waals surface area contributed by atoms with E-state index in [1.165, 1.54) is 38.5 Å². The Kier molecular flexibility index (Phi) is 4.94. The third-order valence-corrected chi connectivity index (χ3v) is 8.21. The zero-order chi connectivity index (χ0) is 17.7. The molecule has 2 heteroatoms. The summed E-state index contributed by atoms with van der Waals surface area (Å²) >= 11 is 0. The number of hydrogen-bond acceptors (Lipinski definition) is 0. The molecule has 0 radical (unpaired) electrons. The lowest BCUT2D eigenvalue weighted by Crippen LogP contribution is -2.94. The number of nitrogens with two attached hydrogens (primary N) is 2. The second kappa shape index (κ2) is 6.43. The smallest absolute Gasteiger partial charge is 0.0726 e. The van der Waals surface area contributed by atoms with Crippen molar-refractivity contribution in [1.82, 2.24) is 0 Å². The highest BCUT2D eigenvalue weighted by Gasteiger charge is 2.57. The molecule has 3 saturated carbocycles. The van der Waals surface area contributed by atoms with Crippen LogP contribution in [0.25, 0.3) is 0 Å². The van der Waals surface area contributed by atoms with Crippen molar-refractivity contribution in [3.05, 3.63) is 26.2 Å². The minimum atomic E-state index is 0.237. The van der Waals surface area contributed by atoms with Gasteiger partial charge in [0.15, 0.2) is 0 Å². The zero-order valence-corrected chi connectivity index (χ0v) is 16.5. The van der Waals surface area contributed by atoms with E-state index >= 15 is 0 Å². The molecule has 138 valence electrons. The maximum absolute atomic E-state index is 4.58.